The zero-order valence-corrected chi connectivity index (χ0v) is 13.3. The Hall–Kier alpha value is -3.21. The highest BCUT2D eigenvalue weighted by Crippen LogP contribution is 2.20. The van der Waals surface area contributed by atoms with Crippen molar-refractivity contribution in [1.82, 2.24) is 15.0 Å². The van der Waals surface area contributed by atoms with Crippen molar-refractivity contribution in [2.45, 2.75) is 6.54 Å². The van der Waals surface area contributed by atoms with E-state index >= 15 is 0 Å². The average Bonchev–Trinajstić information content (AvgIpc) is 2.66. The van der Waals surface area contributed by atoms with E-state index in [0.717, 1.165) is 22.8 Å². The number of rotatable bonds is 7. The largest absolute Gasteiger partial charge is 0.366 e. The van der Waals surface area contributed by atoms with Gasteiger partial charge in [-0.05, 0) is 17.7 Å². The molecule has 0 saturated carbocycles. The van der Waals surface area contributed by atoms with Crippen LogP contribution in [0.4, 0.5) is 11.6 Å². The third-order valence-corrected chi connectivity index (χ3v) is 3.41. The molecule has 0 aliphatic rings. The van der Waals surface area contributed by atoms with Crippen LogP contribution in [-0.2, 0) is 6.54 Å². The van der Waals surface area contributed by atoms with E-state index in [2.05, 4.69) is 32.2 Å². The molecular formula is C19H19N5. The number of nitrogens with one attached hydrogen (secondary N) is 2. The monoisotopic (exact) mass is 317 g/mol. The van der Waals surface area contributed by atoms with Gasteiger partial charge in [0.15, 0.2) is 5.82 Å². The molecule has 2 heterocycles. The summed E-state index contributed by atoms with van der Waals surface area (Å²) in [7, 11) is 0. The SMILES string of the molecule is C=CCNc1cc(NCc2ccncc2)nc(-c2ccccc2)n1. The van der Waals surface area contributed by atoms with Gasteiger partial charge in [0.05, 0.1) is 0 Å². The molecule has 120 valence electrons. The molecule has 3 rings (SSSR count). The Labute approximate surface area is 141 Å². The molecule has 0 aliphatic carbocycles. The first-order chi connectivity index (χ1) is 11.8. The van der Waals surface area contributed by atoms with E-state index in [4.69, 9.17) is 0 Å². The van der Waals surface area contributed by atoms with Gasteiger partial charge in [0.1, 0.15) is 11.6 Å². The second kappa shape index (κ2) is 7.87. The number of aromatic nitrogens is 3. The molecule has 3 aromatic rings. The summed E-state index contributed by atoms with van der Waals surface area (Å²) in [6, 6.07) is 15.8. The van der Waals surface area contributed by atoms with Crippen LogP contribution in [-0.4, -0.2) is 21.5 Å². The van der Waals surface area contributed by atoms with Crippen molar-refractivity contribution in [3.8, 4) is 11.4 Å². The van der Waals surface area contributed by atoms with Gasteiger partial charge in [-0.25, -0.2) is 9.97 Å². The Bertz CT molecular complexity index is 787. The van der Waals surface area contributed by atoms with Gasteiger partial charge in [-0.2, -0.15) is 0 Å². The number of hydrogen-bond acceptors (Lipinski definition) is 5. The van der Waals surface area contributed by atoms with E-state index in [9.17, 15) is 0 Å². The maximum absolute atomic E-state index is 4.62. The fourth-order valence-electron chi connectivity index (χ4n) is 2.21. The molecule has 24 heavy (non-hydrogen) atoms. The van der Waals surface area contributed by atoms with Crippen molar-refractivity contribution in [1.29, 1.82) is 0 Å². The Morgan fingerprint density at radius 2 is 1.62 bits per heavy atom. The fraction of sp³-hybridized carbons (Fsp3) is 0.105. The summed E-state index contributed by atoms with van der Waals surface area (Å²) in [4.78, 5) is 13.2. The van der Waals surface area contributed by atoms with Crippen LogP contribution in [0.15, 0.2) is 73.6 Å². The van der Waals surface area contributed by atoms with Gasteiger partial charge in [0, 0.05) is 37.1 Å². The average molecular weight is 317 g/mol. The number of nitrogens with zero attached hydrogens (tertiary/aromatic N) is 3. The Kier molecular flexibility index (Phi) is 5.14. The lowest BCUT2D eigenvalue weighted by atomic mass is 10.2. The van der Waals surface area contributed by atoms with E-state index in [1.807, 2.05) is 48.5 Å². The molecule has 5 heteroatoms. The van der Waals surface area contributed by atoms with E-state index < -0.39 is 0 Å². The maximum Gasteiger partial charge on any atom is 0.163 e. The van der Waals surface area contributed by atoms with Crippen LogP contribution >= 0.6 is 0 Å². The lowest BCUT2D eigenvalue weighted by molar-refractivity contribution is 1.07. The van der Waals surface area contributed by atoms with Crippen molar-refractivity contribution in [3.05, 3.63) is 79.1 Å². The van der Waals surface area contributed by atoms with E-state index in [-0.39, 0.29) is 0 Å². The highest BCUT2D eigenvalue weighted by Gasteiger charge is 2.06. The molecule has 0 radical (unpaired) electrons. The number of anilines is 2. The first kappa shape index (κ1) is 15.7. The second-order valence-corrected chi connectivity index (χ2v) is 5.21. The zero-order chi connectivity index (χ0) is 16.6. The third-order valence-electron chi connectivity index (χ3n) is 3.41. The molecule has 0 bridgehead atoms. The predicted octanol–water partition coefficient (Wildman–Crippen LogP) is 3.75. The Morgan fingerprint density at radius 1 is 0.917 bits per heavy atom. The number of pyridine rings is 1. The molecule has 0 unspecified atom stereocenters. The van der Waals surface area contributed by atoms with E-state index in [0.29, 0.717) is 18.9 Å². The molecule has 0 fully saturated rings. The van der Waals surface area contributed by atoms with Gasteiger partial charge in [-0.1, -0.05) is 36.4 Å². The van der Waals surface area contributed by atoms with Gasteiger partial charge < -0.3 is 10.6 Å². The molecule has 0 saturated heterocycles. The smallest absolute Gasteiger partial charge is 0.163 e. The van der Waals surface area contributed by atoms with Crippen LogP contribution in [0.2, 0.25) is 0 Å². The molecule has 0 atom stereocenters. The highest BCUT2D eigenvalue weighted by atomic mass is 15.1. The molecule has 0 spiro atoms. The fourth-order valence-corrected chi connectivity index (χ4v) is 2.21. The van der Waals surface area contributed by atoms with Gasteiger partial charge in [0.2, 0.25) is 0 Å². The molecule has 2 aromatic heterocycles. The van der Waals surface area contributed by atoms with Crippen molar-refractivity contribution in [3.63, 3.8) is 0 Å². The van der Waals surface area contributed by atoms with Gasteiger partial charge in [-0.3, -0.25) is 4.98 Å². The molecular weight excluding hydrogens is 298 g/mol. The van der Waals surface area contributed by atoms with Crippen LogP contribution in [0.1, 0.15) is 5.56 Å². The van der Waals surface area contributed by atoms with Crippen LogP contribution in [0, 0.1) is 0 Å². The molecule has 5 nitrogen and oxygen atoms in total. The minimum absolute atomic E-state index is 0.648. The maximum atomic E-state index is 4.62. The van der Waals surface area contributed by atoms with E-state index in [1.165, 1.54) is 0 Å². The number of hydrogen-bond donors (Lipinski definition) is 2. The normalized spacial score (nSPS) is 10.2. The van der Waals surface area contributed by atoms with Crippen molar-refractivity contribution in [2.75, 3.05) is 17.2 Å². The van der Waals surface area contributed by atoms with Gasteiger partial charge in [0.25, 0.3) is 0 Å². The lowest BCUT2D eigenvalue weighted by Crippen LogP contribution is -2.07. The minimum Gasteiger partial charge on any atom is -0.366 e. The lowest BCUT2D eigenvalue weighted by Gasteiger charge is -2.11. The first-order valence-electron chi connectivity index (χ1n) is 7.77. The third kappa shape index (κ3) is 4.16. The van der Waals surface area contributed by atoms with Crippen LogP contribution in [0.25, 0.3) is 11.4 Å². The quantitative estimate of drug-likeness (QED) is 0.650. The topological polar surface area (TPSA) is 62.7 Å². The zero-order valence-electron chi connectivity index (χ0n) is 13.3. The van der Waals surface area contributed by atoms with Crippen LogP contribution < -0.4 is 10.6 Å². The van der Waals surface area contributed by atoms with Crippen LogP contribution in [0.3, 0.4) is 0 Å². The van der Waals surface area contributed by atoms with Crippen molar-refractivity contribution in [2.24, 2.45) is 0 Å². The highest BCUT2D eigenvalue weighted by molar-refractivity contribution is 5.61. The van der Waals surface area contributed by atoms with Crippen LogP contribution in [0.5, 0.6) is 0 Å². The summed E-state index contributed by atoms with van der Waals surface area (Å²) in [5.74, 6) is 2.22. The second-order valence-electron chi connectivity index (χ2n) is 5.21. The first-order valence-corrected chi connectivity index (χ1v) is 7.77. The summed E-state index contributed by atoms with van der Waals surface area (Å²) in [6.07, 6.45) is 5.36. The van der Waals surface area contributed by atoms with Crippen molar-refractivity contribution < 1.29 is 0 Å². The summed E-state index contributed by atoms with van der Waals surface area (Å²) in [5, 5.41) is 6.57. The molecule has 1 aromatic carbocycles. The Balaban J connectivity index is 1.85. The number of benzene rings is 1. The molecule has 2 N–H and O–H groups in total. The predicted molar refractivity (Wildman–Crippen MR) is 97.7 cm³/mol. The standard InChI is InChI=1S/C19H19N5/c1-2-10-21-17-13-18(22-14-15-8-11-20-12-9-15)24-19(23-17)16-6-4-3-5-7-16/h2-9,11-13H,1,10,14H2,(H2,21,22,23,24). The van der Waals surface area contributed by atoms with Crippen molar-refractivity contribution >= 4 is 11.6 Å². The summed E-state index contributed by atoms with van der Waals surface area (Å²) in [6.45, 7) is 5.05. The van der Waals surface area contributed by atoms with E-state index in [1.54, 1.807) is 18.5 Å². The summed E-state index contributed by atoms with van der Waals surface area (Å²) < 4.78 is 0. The Morgan fingerprint density at radius 3 is 2.33 bits per heavy atom. The minimum atomic E-state index is 0.648. The van der Waals surface area contributed by atoms with Gasteiger partial charge >= 0.3 is 0 Å². The summed E-state index contributed by atoms with van der Waals surface area (Å²) in [5.41, 5.74) is 2.12. The summed E-state index contributed by atoms with van der Waals surface area (Å²) >= 11 is 0. The molecule has 0 aliphatic heterocycles. The molecule has 0 amide bonds. The van der Waals surface area contributed by atoms with Gasteiger partial charge in [-0.15, -0.1) is 6.58 Å².